The monoisotopic (exact) mass is 246 g/mol. The van der Waals surface area contributed by atoms with E-state index in [4.69, 9.17) is 0 Å². The number of anilines is 1. The Balaban J connectivity index is 1.88. The van der Waals surface area contributed by atoms with Crippen LogP contribution in [0.3, 0.4) is 0 Å². The number of urea groups is 1. The molecule has 2 rings (SSSR count). The summed E-state index contributed by atoms with van der Waals surface area (Å²) in [5, 5.41) is 5.67. The van der Waals surface area contributed by atoms with Crippen molar-refractivity contribution in [1.82, 2.24) is 5.32 Å². The average molecular weight is 246 g/mol. The number of hydrogen-bond donors (Lipinski definition) is 2. The molecule has 0 aromatic heterocycles. The van der Waals surface area contributed by atoms with Crippen molar-refractivity contribution in [2.75, 3.05) is 5.32 Å². The first kappa shape index (κ1) is 12.6. The smallest absolute Gasteiger partial charge is 0.319 e. The summed E-state index contributed by atoms with van der Waals surface area (Å²) in [5.41, 5.74) is 1.34. The Hall–Kier alpha value is -1.84. The first-order valence-corrected chi connectivity index (χ1v) is 6.25. The lowest BCUT2D eigenvalue weighted by Gasteiger charge is -2.13. The number of nitrogens with one attached hydrogen (secondary N) is 2. The molecule has 1 saturated carbocycles. The van der Waals surface area contributed by atoms with Crippen molar-refractivity contribution >= 4 is 17.5 Å². The van der Waals surface area contributed by atoms with E-state index in [0.29, 0.717) is 17.2 Å². The molecule has 1 aliphatic carbocycles. The molecule has 18 heavy (non-hydrogen) atoms. The summed E-state index contributed by atoms with van der Waals surface area (Å²) < 4.78 is 0. The van der Waals surface area contributed by atoms with Crippen molar-refractivity contribution < 1.29 is 9.59 Å². The van der Waals surface area contributed by atoms with Gasteiger partial charge in [0, 0.05) is 17.3 Å². The number of benzene rings is 1. The zero-order valence-electron chi connectivity index (χ0n) is 10.7. The number of carbonyl (C=O) groups excluding carboxylic acids is 2. The van der Waals surface area contributed by atoms with E-state index in [9.17, 15) is 9.59 Å². The van der Waals surface area contributed by atoms with Crippen LogP contribution in [0.25, 0.3) is 0 Å². The van der Waals surface area contributed by atoms with Crippen LogP contribution in [0.15, 0.2) is 24.3 Å². The number of amides is 2. The standard InChI is InChI=1S/C14H18N2O2/c1-9(11-3-4-11)15-14(18)16-13-7-5-12(6-8-13)10(2)17/h5-9,11H,3-4H2,1-2H3,(H2,15,16,18). The predicted octanol–water partition coefficient (Wildman–Crippen LogP) is 2.81. The van der Waals surface area contributed by atoms with Gasteiger partial charge in [-0.25, -0.2) is 4.79 Å². The average Bonchev–Trinajstić information content (AvgIpc) is 3.13. The van der Waals surface area contributed by atoms with Crippen LogP contribution in [0.4, 0.5) is 10.5 Å². The number of rotatable bonds is 4. The third-order valence-electron chi connectivity index (χ3n) is 3.24. The molecule has 1 atom stereocenters. The molecule has 0 radical (unpaired) electrons. The molecule has 0 heterocycles. The molecular formula is C14H18N2O2. The van der Waals surface area contributed by atoms with Crippen LogP contribution in [0.5, 0.6) is 0 Å². The van der Waals surface area contributed by atoms with Gasteiger partial charge in [0.1, 0.15) is 0 Å². The van der Waals surface area contributed by atoms with Crippen LogP contribution >= 0.6 is 0 Å². The first-order valence-electron chi connectivity index (χ1n) is 6.25. The van der Waals surface area contributed by atoms with Gasteiger partial charge in [0.25, 0.3) is 0 Å². The van der Waals surface area contributed by atoms with E-state index in [1.807, 2.05) is 6.92 Å². The lowest BCUT2D eigenvalue weighted by molar-refractivity contribution is 0.101. The molecule has 0 bridgehead atoms. The molecule has 4 nitrogen and oxygen atoms in total. The summed E-state index contributed by atoms with van der Waals surface area (Å²) in [6.07, 6.45) is 2.41. The molecule has 0 spiro atoms. The molecule has 2 amide bonds. The van der Waals surface area contributed by atoms with Gasteiger partial charge in [-0.05, 0) is 56.9 Å². The van der Waals surface area contributed by atoms with Gasteiger partial charge in [-0.3, -0.25) is 4.79 Å². The molecule has 2 N–H and O–H groups in total. The SMILES string of the molecule is CC(=O)c1ccc(NC(=O)NC(C)C2CC2)cc1. The molecule has 1 aromatic rings. The second kappa shape index (κ2) is 5.21. The maximum absolute atomic E-state index is 11.7. The number of ketones is 1. The van der Waals surface area contributed by atoms with Gasteiger partial charge in [-0.1, -0.05) is 0 Å². The molecular weight excluding hydrogens is 228 g/mol. The summed E-state index contributed by atoms with van der Waals surface area (Å²) in [5.74, 6) is 0.657. The zero-order valence-corrected chi connectivity index (χ0v) is 10.7. The summed E-state index contributed by atoms with van der Waals surface area (Å²) >= 11 is 0. The zero-order chi connectivity index (χ0) is 13.1. The van der Waals surface area contributed by atoms with Crippen LogP contribution in [-0.4, -0.2) is 17.9 Å². The lowest BCUT2D eigenvalue weighted by atomic mass is 10.1. The fourth-order valence-corrected chi connectivity index (χ4v) is 1.88. The lowest BCUT2D eigenvalue weighted by Crippen LogP contribution is -2.37. The fourth-order valence-electron chi connectivity index (χ4n) is 1.88. The van der Waals surface area contributed by atoms with Crippen molar-refractivity contribution in [3.8, 4) is 0 Å². The van der Waals surface area contributed by atoms with Crippen LogP contribution in [-0.2, 0) is 0 Å². The highest BCUT2D eigenvalue weighted by molar-refractivity contribution is 5.95. The third kappa shape index (κ3) is 3.32. The Morgan fingerprint density at radius 3 is 2.33 bits per heavy atom. The maximum Gasteiger partial charge on any atom is 0.319 e. The van der Waals surface area contributed by atoms with E-state index in [1.54, 1.807) is 24.3 Å². The Labute approximate surface area is 107 Å². The van der Waals surface area contributed by atoms with Gasteiger partial charge in [-0.15, -0.1) is 0 Å². The summed E-state index contributed by atoms with van der Waals surface area (Å²) in [6.45, 7) is 3.54. The van der Waals surface area contributed by atoms with Crippen molar-refractivity contribution in [3.63, 3.8) is 0 Å². The molecule has 4 heteroatoms. The highest BCUT2D eigenvalue weighted by Crippen LogP contribution is 2.32. The highest BCUT2D eigenvalue weighted by Gasteiger charge is 2.28. The molecule has 1 fully saturated rings. The highest BCUT2D eigenvalue weighted by atomic mass is 16.2. The second-order valence-corrected chi connectivity index (χ2v) is 4.86. The summed E-state index contributed by atoms with van der Waals surface area (Å²) in [6, 6.07) is 6.92. The van der Waals surface area contributed by atoms with Gasteiger partial charge in [-0.2, -0.15) is 0 Å². The normalized spacial score (nSPS) is 15.9. The van der Waals surface area contributed by atoms with E-state index < -0.39 is 0 Å². The van der Waals surface area contributed by atoms with Gasteiger partial charge in [0.2, 0.25) is 0 Å². The molecule has 1 aromatic carbocycles. The minimum atomic E-state index is -0.190. The minimum Gasteiger partial charge on any atom is -0.335 e. The topological polar surface area (TPSA) is 58.2 Å². The van der Waals surface area contributed by atoms with Crippen LogP contribution in [0, 0.1) is 5.92 Å². The number of carbonyl (C=O) groups is 2. The van der Waals surface area contributed by atoms with Crippen LogP contribution in [0.1, 0.15) is 37.0 Å². The van der Waals surface area contributed by atoms with E-state index in [0.717, 1.165) is 0 Å². The number of hydrogen-bond acceptors (Lipinski definition) is 2. The maximum atomic E-state index is 11.7. The van der Waals surface area contributed by atoms with E-state index in [-0.39, 0.29) is 17.9 Å². The van der Waals surface area contributed by atoms with Crippen molar-refractivity contribution in [2.24, 2.45) is 5.92 Å². The minimum absolute atomic E-state index is 0.0216. The van der Waals surface area contributed by atoms with Gasteiger partial charge in [0.05, 0.1) is 0 Å². The summed E-state index contributed by atoms with van der Waals surface area (Å²) in [7, 11) is 0. The van der Waals surface area contributed by atoms with Crippen molar-refractivity contribution in [1.29, 1.82) is 0 Å². The molecule has 0 aliphatic heterocycles. The Bertz CT molecular complexity index is 449. The molecule has 96 valence electrons. The quantitative estimate of drug-likeness (QED) is 0.802. The van der Waals surface area contributed by atoms with E-state index in [2.05, 4.69) is 10.6 Å². The Morgan fingerprint density at radius 2 is 1.83 bits per heavy atom. The van der Waals surface area contributed by atoms with Crippen molar-refractivity contribution in [3.05, 3.63) is 29.8 Å². The number of Topliss-reactive ketones (excluding diaryl/α,β-unsaturated/α-hetero) is 1. The van der Waals surface area contributed by atoms with Gasteiger partial charge in [0.15, 0.2) is 5.78 Å². The predicted molar refractivity (Wildman–Crippen MR) is 70.8 cm³/mol. The molecule has 1 unspecified atom stereocenters. The van der Waals surface area contributed by atoms with Gasteiger partial charge < -0.3 is 10.6 Å². The van der Waals surface area contributed by atoms with E-state index >= 15 is 0 Å². The van der Waals surface area contributed by atoms with E-state index in [1.165, 1.54) is 19.8 Å². The summed E-state index contributed by atoms with van der Waals surface area (Å²) in [4.78, 5) is 22.8. The van der Waals surface area contributed by atoms with Crippen molar-refractivity contribution in [2.45, 2.75) is 32.7 Å². The van der Waals surface area contributed by atoms with Gasteiger partial charge >= 0.3 is 6.03 Å². The third-order valence-corrected chi connectivity index (χ3v) is 3.24. The Morgan fingerprint density at radius 1 is 1.22 bits per heavy atom. The van der Waals surface area contributed by atoms with Crippen LogP contribution < -0.4 is 10.6 Å². The molecule has 1 aliphatic rings. The Kier molecular flexibility index (Phi) is 3.65. The van der Waals surface area contributed by atoms with Crippen LogP contribution in [0.2, 0.25) is 0 Å². The largest absolute Gasteiger partial charge is 0.335 e. The molecule has 0 saturated heterocycles. The second-order valence-electron chi connectivity index (χ2n) is 4.86. The first-order chi connectivity index (χ1) is 8.56. The fraction of sp³-hybridized carbons (Fsp3) is 0.429.